The highest BCUT2D eigenvalue weighted by Crippen LogP contribution is 2.23. The van der Waals surface area contributed by atoms with E-state index in [0.717, 1.165) is 25.4 Å². The Bertz CT molecular complexity index is 310. The first-order valence-electron chi connectivity index (χ1n) is 9.30. The minimum Gasteiger partial charge on any atom is -0.374 e. The van der Waals surface area contributed by atoms with E-state index in [9.17, 15) is 0 Å². The summed E-state index contributed by atoms with van der Waals surface area (Å²) in [6.45, 7) is 17.7. The van der Waals surface area contributed by atoms with Gasteiger partial charge in [0.1, 0.15) is 8.24 Å². The summed E-state index contributed by atoms with van der Waals surface area (Å²) in [5, 5.41) is 3.71. The predicted octanol–water partition coefficient (Wildman–Crippen LogP) is 3.27. The lowest BCUT2D eigenvalue weighted by Crippen LogP contribution is -2.60. The van der Waals surface area contributed by atoms with E-state index in [1.807, 2.05) is 20.8 Å². The topological polar surface area (TPSA) is 43.0 Å². The van der Waals surface area contributed by atoms with Crippen molar-refractivity contribution >= 4 is 17.0 Å². The van der Waals surface area contributed by atoms with Gasteiger partial charge in [-0.1, -0.05) is 19.6 Å². The average Bonchev–Trinajstić information content (AvgIpc) is 2.47. The van der Waals surface area contributed by atoms with Gasteiger partial charge in [0.25, 0.3) is 0 Å². The molecule has 5 nitrogen and oxygen atoms in total. The maximum absolute atomic E-state index is 5.96. The zero-order valence-electron chi connectivity index (χ0n) is 16.1. The molecule has 1 heterocycles. The van der Waals surface area contributed by atoms with E-state index in [1.54, 1.807) is 0 Å². The zero-order valence-corrected chi connectivity index (χ0v) is 18.1. The van der Waals surface area contributed by atoms with Gasteiger partial charge in [-0.05, 0) is 53.1 Å². The predicted molar refractivity (Wildman–Crippen MR) is 101 cm³/mol. The first-order valence-corrected chi connectivity index (χ1v) is 14.7. The number of hydrogen-bond donors (Lipinski definition) is 1. The summed E-state index contributed by atoms with van der Waals surface area (Å²) in [7, 11) is -3.76. The molecular weight excluding hydrogens is 324 g/mol. The fraction of sp³-hybridized carbons (Fsp3) is 1.00. The molecule has 1 atom stereocenters. The molecule has 0 spiro atoms. The Balaban J connectivity index is 2.59. The van der Waals surface area contributed by atoms with E-state index < -0.39 is 17.0 Å². The van der Waals surface area contributed by atoms with Crippen LogP contribution in [0.25, 0.3) is 0 Å². The molecule has 1 N–H and O–H groups in total. The summed E-state index contributed by atoms with van der Waals surface area (Å²) >= 11 is 0. The van der Waals surface area contributed by atoms with Crippen molar-refractivity contribution in [1.29, 1.82) is 0 Å². The highest BCUT2D eigenvalue weighted by Gasteiger charge is 2.40. The molecule has 7 heteroatoms. The minimum absolute atomic E-state index is 0.506. The Morgan fingerprint density at radius 3 is 2.04 bits per heavy atom. The smallest absolute Gasteiger partial charge is 0.374 e. The number of hydrogen-bond acceptors (Lipinski definition) is 5. The standard InChI is InChI=1S/C16H38N2O3Si2/c1-7-19-23(20-8-2,21-9-3)15-10-12-16-17-13-11-14-18(16)22(4,5)6/h16-17H,7-15H2,1-6H3. The molecule has 23 heavy (non-hydrogen) atoms. The molecule has 1 aliphatic rings. The summed E-state index contributed by atoms with van der Waals surface area (Å²) in [6, 6.07) is 0.917. The van der Waals surface area contributed by atoms with Gasteiger partial charge in [0.15, 0.2) is 0 Å². The van der Waals surface area contributed by atoms with Crippen molar-refractivity contribution in [1.82, 2.24) is 9.88 Å². The van der Waals surface area contributed by atoms with Crippen molar-refractivity contribution < 1.29 is 13.3 Å². The minimum atomic E-state index is -2.48. The van der Waals surface area contributed by atoms with Crippen LogP contribution < -0.4 is 5.32 Å². The number of nitrogens with zero attached hydrogens (tertiary/aromatic N) is 1. The van der Waals surface area contributed by atoms with Gasteiger partial charge in [0.05, 0.1) is 6.17 Å². The van der Waals surface area contributed by atoms with E-state index in [-0.39, 0.29) is 0 Å². The third kappa shape index (κ3) is 6.93. The van der Waals surface area contributed by atoms with Crippen molar-refractivity contribution in [3.8, 4) is 0 Å². The molecule has 1 rings (SSSR count). The van der Waals surface area contributed by atoms with E-state index >= 15 is 0 Å². The van der Waals surface area contributed by atoms with Gasteiger partial charge < -0.3 is 23.2 Å². The third-order valence-electron chi connectivity index (χ3n) is 4.25. The van der Waals surface area contributed by atoms with E-state index in [0.29, 0.717) is 26.0 Å². The van der Waals surface area contributed by atoms with Gasteiger partial charge in [-0.15, -0.1) is 0 Å². The van der Waals surface area contributed by atoms with Gasteiger partial charge in [-0.25, -0.2) is 0 Å². The maximum Gasteiger partial charge on any atom is 0.500 e. The Labute approximate surface area is 145 Å². The first kappa shape index (κ1) is 21.3. The van der Waals surface area contributed by atoms with Crippen LogP contribution in [0.2, 0.25) is 25.7 Å². The average molecular weight is 363 g/mol. The van der Waals surface area contributed by atoms with Crippen LogP contribution in [0.1, 0.15) is 40.0 Å². The lowest BCUT2D eigenvalue weighted by molar-refractivity contribution is 0.0698. The number of rotatable bonds is 11. The van der Waals surface area contributed by atoms with Crippen LogP contribution in [-0.2, 0) is 13.3 Å². The van der Waals surface area contributed by atoms with Gasteiger partial charge in [0.2, 0.25) is 0 Å². The highest BCUT2D eigenvalue weighted by molar-refractivity contribution is 6.73. The van der Waals surface area contributed by atoms with Gasteiger partial charge in [-0.2, -0.15) is 0 Å². The second-order valence-electron chi connectivity index (χ2n) is 7.06. The molecule has 0 aromatic heterocycles. The van der Waals surface area contributed by atoms with Crippen molar-refractivity contribution in [3.05, 3.63) is 0 Å². The largest absolute Gasteiger partial charge is 0.500 e. The Hall–Kier alpha value is 0.234. The van der Waals surface area contributed by atoms with Crippen LogP contribution in [0, 0.1) is 0 Å². The van der Waals surface area contributed by atoms with E-state index in [1.165, 1.54) is 13.0 Å². The van der Waals surface area contributed by atoms with Gasteiger partial charge >= 0.3 is 8.80 Å². The summed E-state index contributed by atoms with van der Waals surface area (Å²) < 4.78 is 20.6. The fourth-order valence-electron chi connectivity index (χ4n) is 3.36. The summed E-state index contributed by atoms with van der Waals surface area (Å²) in [5.74, 6) is 0. The van der Waals surface area contributed by atoms with Crippen molar-refractivity contribution in [2.45, 2.75) is 71.9 Å². The Morgan fingerprint density at radius 2 is 1.57 bits per heavy atom. The third-order valence-corrected chi connectivity index (χ3v) is 9.66. The zero-order chi connectivity index (χ0) is 17.3. The van der Waals surface area contributed by atoms with Crippen LogP contribution in [0.3, 0.4) is 0 Å². The molecule has 1 aliphatic heterocycles. The summed E-state index contributed by atoms with van der Waals surface area (Å²) in [5.41, 5.74) is 0. The lowest BCUT2D eigenvalue weighted by Gasteiger charge is -2.44. The lowest BCUT2D eigenvalue weighted by atomic mass is 10.2. The quantitative estimate of drug-likeness (QED) is 0.571. The van der Waals surface area contributed by atoms with Crippen LogP contribution >= 0.6 is 0 Å². The molecule has 0 aliphatic carbocycles. The van der Waals surface area contributed by atoms with Gasteiger partial charge in [0, 0.05) is 25.9 Å². The Kier molecular flexibility index (Phi) is 9.51. The second kappa shape index (κ2) is 10.3. The van der Waals surface area contributed by atoms with Crippen LogP contribution in [0.4, 0.5) is 0 Å². The number of nitrogens with one attached hydrogen (secondary N) is 1. The second-order valence-corrected chi connectivity index (χ2v) is 14.7. The fourth-order valence-corrected chi connectivity index (χ4v) is 7.98. The molecule has 0 aromatic carbocycles. The molecule has 0 radical (unpaired) electrons. The highest BCUT2D eigenvalue weighted by atomic mass is 28.4. The molecule has 1 fully saturated rings. The SMILES string of the molecule is CCO[Si](CCCC1NCCCN1[Si](C)(C)C)(OCC)OCC. The van der Waals surface area contributed by atoms with E-state index in [4.69, 9.17) is 13.3 Å². The van der Waals surface area contributed by atoms with Crippen molar-refractivity contribution in [2.75, 3.05) is 32.9 Å². The van der Waals surface area contributed by atoms with Crippen LogP contribution in [0.5, 0.6) is 0 Å². The monoisotopic (exact) mass is 362 g/mol. The molecule has 1 unspecified atom stereocenters. The normalized spacial score (nSPS) is 20.9. The molecule has 0 aromatic rings. The molecule has 1 saturated heterocycles. The molecule has 0 amide bonds. The molecule has 0 saturated carbocycles. The van der Waals surface area contributed by atoms with Crippen molar-refractivity contribution in [2.24, 2.45) is 0 Å². The van der Waals surface area contributed by atoms with Gasteiger partial charge in [-0.3, -0.25) is 0 Å². The van der Waals surface area contributed by atoms with Crippen LogP contribution in [-0.4, -0.2) is 60.7 Å². The van der Waals surface area contributed by atoms with E-state index in [2.05, 4.69) is 29.5 Å². The first-order chi connectivity index (χ1) is 10.9. The molecular formula is C16H38N2O3Si2. The summed E-state index contributed by atoms with van der Waals surface area (Å²) in [4.78, 5) is 0. The van der Waals surface area contributed by atoms with Crippen LogP contribution in [0.15, 0.2) is 0 Å². The molecule has 0 bridgehead atoms. The summed E-state index contributed by atoms with van der Waals surface area (Å²) in [6.07, 6.45) is 4.00. The van der Waals surface area contributed by atoms with Crippen molar-refractivity contribution in [3.63, 3.8) is 0 Å². The molecule has 138 valence electrons. The maximum atomic E-state index is 5.96. The Morgan fingerprint density at radius 1 is 1.00 bits per heavy atom.